The third-order valence-corrected chi connectivity index (χ3v) is 4.50. The van der Waals surface area contributed by atoms with E-state index in [9.17, 15) is 9.59 Å². The summed E-state index contributed by atoms with van der Waals surface area (Å²) in [4.78, 5) is 27.6. The predicted octanol–water partition coefficient (Wildman–Crippen LogP) is 2.46. The number of methoxy groups -OCH3 is 2. The van der Waals surface area contributed by atoms with Crippen molar-refractivity contribution >= 4 is 11.9 Å². The van der Waals surface area contributed by atoms with Crippen LogP contribution in [-0.2, 0) is 14.3 Å². The molecular weight excluding hydrogens is 362 g/mol. The molecule has 1 aliphatic rings. The first-order valence-electron chi connectivity index (χ1n) is 8.98. The third kappa shape index (κ3) is 4.43. The number of nitrogens with zero attached hydrogens (tertiary/aromatic N) is 1. The highest BCUT2D eigenvalue weighted by atomic mass is 16.6. The maximum Gasteiger partial charge on any atom is 0.343 e. The molecule has 0 aliphatic carbocycles. The van der Waals surface area contributed by atoms with E-state index in [-0.39, 0.29) is 11.5 Å². The van der Waals surface area contributed by atoms with Crippen LogP contribution in [0, 0.1) is 0 Å². The number of morpholine rings is 1. The Morgan fingerprint density at radius 3 is 2.36 bits per heavy atom. The molecule has 1 fully saturated rings. The molecule has 7 heteroatoms. The number of carbonyl (C=O) groups is 2. The van der Waals surface area contributed by atoms with Gasteiger partial charge >= 0.3 is 5.97 Å². The molecular formula is C21H23NO6. The molecule has 1 aliphatic heterocycles. The van der Waals surface area contributed by atoms with Gasteiger partial charge in [-0.3, -0.25) is 4.79 Å². The number of benzene rings is 2. The van der Waals surface area contributed by atoms with E-state index in [0.29, 0.717) is 43.4 Å². The Morgan fingerprint density at radius 2 is 1.71 bits per heavy atom. The molecule has 1 amide bonds. The number of amides is 1. The van der Waals surface area contributed by atoms with Crippen molar-refractivity contribution in [3.63, 3.8) is 0 Å². The topological polar surface area (TPSA) is 74.3 Å². The monoisotopic (exact) mass is 385 g/mol. The summed E-state index contributed by atoms with van der Waals surface area (Å²) in [7, 11) is 2.97. The number of esters is 1. The fourth-order valence-corrected chi connectivity index (χ4v) is 2.98. The second-order valence-corrected chi connectivity index (χ2v) is 6.20. The van der Waals surface area contributed by atoms with Crippen LogP contribution < -0.4 is 9.47 Å². The van der Waals surface area contributed by atoms with Gasteiger partial charge in [-0.1, -0.05) is 30.3 Å². The first-order chi connectivity index (χ1) is 13.6. The van der Waals surface area contributed by atoms with Gasteiger partial charge in [0.2, 0.25) is 6.10 Å². The standard InChI is InChI=1S/C21H23NO6/c1-25-16-8-9-18(26-2)17(14-16)21(24)28-19(15-6-4-3-5-7-15)20(23)22-10-12-27-13-11-22/h3-9,14,19H,10-13H2,1-2H3/t19-/m1/s1. The number of carbonyl (C=O) groups excluding carboxylic acids is 2. The van der Waals surface area contributed by atoms with Crippen molar-refractivity contribution in [2.24, 2.45) is 0 Å². The van der Waals surface area contributed by atoms with Gasteiger partial charge in [-0.25, -0.2) is 4.79 Å². The van der Waals surface area contributed by atoms with E-state index in [1.165, 1.54) is 20.3 Å². The van der Waals surface area contributed by atoms with Gasteiger partial charge in [0.1, 0.15) is 17.1 Å². The highest BCUT2D eigenvalue weighted by Crippen LogP contribution is 2.28. The lowest BCUT2D eigenvalue weighted by atomic mass is 10.1. The molecule has 0 N–H and O–H groups in total. The van der Waals surface area contributed by atoms with Crippen molar-refractivity contribution in [3.8, 4) is 11.5 Å². The summed E-state index contributed by atoms with van der Waals surface area (Å²) in [6.07, 6.45) is -1.05. The SMILES string of the molecule is COc1ccc(OC)c(C(=O)O[C@@H](C(=O)N2CCOCC2)c2ccccc2)c1. The first kappa shape index (κ1) is 19.7. The molecule has 2 aromatic rings. The Balaban J connectivity index is 1.89. The average molecular weight is 385 g/mol. The molecule has 0 spiro atoms. The molecule has 0 bridgehead atoms. The van der Waals surface area contributed by atoms with Crippen molar-refractivity contribution in [1.29, 1.82) is 0 Å². The third-order valence-electron chi connectivity index (χ3n) is 4.50. The van der Waals surface area contributed by atoms with Crippen molar-refractivity contribution in [2.75, 3.05) is 40.5 Å². The van der Waals surface area contributed by atoms with Crippen LogP contribution in [0.15, 0.2) is 48.5 Å². The Kier molecular flexibility index (Phi) is 6.49. The van der Waals surface area contributed by atoms with E-state index in [2.05, 4.69) is 0 Å². The minimum Gasteiger partial charge on any atom is -0.497 e. The quantitative estimate of drug-likeness (QED) is 0.711. The van der Waals surface area contributed by atoms with E-state index in [1.54, 1.807) is 41.3 Å². The van der Waals surface area contributed by atoms with Crippen LogP contribution >= 0.6 is 0 Å². The zero-order valence-corrected chi connectivity index (χ0v) is 15.9. The second kappa shape index (κ2) is 9.23. The summed E-state index contributed by atoms with van der Waals surface area (Å²) in [5, 5.41) is 0. The fraction of sp³-hybridized carbons (Fsp3) is 0.333. The van der Waals surface area contributed by atoms with E-state index >= 15 is 0 Å². The summed E-state index contributed by atoms with van der Waals surface area (Å²) < 4.78 is 21.4. The van der Waals surface area contributed by atoms with E-state index < -0.39 is 12.1 Å². The van der Waals surface area contributed by atoms with Crippen LogP contribution in [0.5, 0.6) is 11.5 Å². The second-order valence-electron chi connectivity index (χ2n) is 6.20. The molecule has 28 heavy (non-hydrogen) atoms. The van der Waals surface area contributed by atoms with E-state index in [4.69, 9.17) is 18.9 Å². The first-order valence-corrected chi connectivity index (χ1v) is 8.98. The zero-order chi connectivity index (χ0) is 19.9. The molecule has 0 radical (unpaired) electrons. The molecule has 1 saturated heterocycles. The lowest BCUT2D eigenvalue weighted by Gasteiger charge is -2.30. The number of hydrogen-bond donors (Lipinski definition) is 0. The van der Waals surface area contributed by atoms with Gasteiger partial charge in [0, 0.05) is 18.7 Å². The van der Waals surface area contributed by atoms with Gasteiger partial charge < -0.3 is 23.8 Å². The smallest absolute Gasteiger partial charge is 0.343 e. The van der Waals surface area contributed by atoms with Gasteiger partial charge in [0.15, 0.2) is 0 Å². The lowest BCUT2D eigenvalue weighted by molar-refractivity contribution is -0.145. The minimum atomic E-state index is -1.05. The summed E-state index contributed by atoms with van der Waals surface area (Å²) in [5.41, 5.74) is 0.798. The predicted molar refractivity (Wildman–Crippen MR) is 102 cm³/mol. The largest absolute Gasteiger partial charge is 0.497 e. The van der Waals surface area contributed by atoms with Gasteiger partial charge in [-0.05, 0) is 18.2 Å². The summed E-state index contributed by atoms with van der Waals surface area (Å²) in [6.45, 7) is 1.85. The molecule has 1 atom stereocenters. The molecule has 0 aromatic heterocycles. The molecule has 1 heterocycles. The van der Waals surface area contributed by atoms with Gasteiger partial charge in [-0.2, -0.15) is 0 Å². The highest BCUT2D eigenvalue weighted by Gasteiger charge is 2.31. The Bertz CT molecular complexity index is 817. The maximum absolute atomic E-state index is 13.1. The van der Waals surface area contributed by atoms with Crippen LogP contribution in [0.4, 0.5) is 0 Å². The number of rotatable bonds is 6. The minimum absolute atomic E-state index is 0.192. The molecule has 3 rings (SSSR count). The normalized spacial score (nSPS) is 14.9. The molecule has 7 nitrogen and oxygen atoms in total. The van der Waals surface area contributed by atoms with Crippen LogP contribution in [0.25, 0.3) is 0 Å². The Hall–Kier alpha value is -3.06. The van der Waals surface area contributed by atoms with Crippen LogP contribution in [0.1, 0.15) is 22.0 Å². The van der Waals surface area contributed by atoms with E-state index in [1.807, 2.05) is 6.07 Å². The van der Waals surface area contributed by atoms with Gasteiger partial charge in [-0.15, -0.1) is 0 Å². The van der Waals surface area contributed by atoms with Crippen molar-refractivity contribution < 1.29 is 28.5 Å². The number of ether oxygens (including phenoxy) is 4. The summed E-state index contributed by atoms with van der Waals surface area (Å²) in [6, 6.07) is 13.8. The number of hydrogen-bond acceptors (Lipinski definition) is 6. The Labute approximate surface area is 163 Å². The molecule has 0 saturated carbocycles. The zero-order valence-electron chi connectivity index (χ0n) is 15.9. The Morgan fingerprint density at radius 1 is 1.00 bits per heavy atom. The summed E-state index contributed by atoms with van der Waals surface area (Å²) >= 11 is 0. The average Bonchev–Trinajstić information content (AvgIpc) is 2.77. The fourth-order valence-electron chi connectivity index (χ4n) is 2.98. The van der Waals surface area contributed by atoms with Crippen LogP contribution in [0.2, 0.25) is 0 Å². The summed E-state index contributed by atoms with van der Waals surface area (Å²) in [5.74, 6) is -0.101. The van der Waals surface area contributed by atoms with Crippen LogP contribution in [0.3, 0.4) is 0 Å². The van der Waals surface area contributed by atoms with Crippen molar-refractivity contribution in [1.82, 2.24) is 4.90 Å². The van der Waals surface area contributed by atoms with Crippen molar-refractivity contribution in [2.45, 2.75) is 6.10 Å². The molecule has 2 aromatic carbocycles. The van der Waals surface area contributed by atoms with E-state index in [0.717, 1.165) is 0 Å². The van der Waals surface area contributed by atoms with Crippen LogP contribution in [-0.4, -0.2) is 57.3 Å². The maximum atomic E-state index is 13.1. The van der Waals surface area contributed by atoms with Gasteiger partial charge in [0.05, 0.1) is 27.4 Å². The van der Waals surface area contributed by atoms with Crippen molar-refractivity contribution in [3.05, 3.63) is 59.7 Å². The molecule has 148 valence electrons. The lowest BCUT2D eigenvalue weighted by Crippen LogP contribution is -2.44. The highest BCUT2D eigenvalue weighted by molar-refractivity contribution is 5.95. The molecule has 0 unspecified atom stereocenters. The van der Waals surface area contributed by atoms with Gasteiger partial charge in [0.25, 0.3) is 5.91 Å².